The maximum atomic E-state index is 12.2. The first-order valence-corrected chi connectivity index (χ1v) is 6.66. The van der Waals surface area contributed by atoms with Gasteiger partial charge >= 0.3 is 0 Å². The second-order valence-electron chi connectivity index (χ2n) is 4.43. The molecular weight excluding hydrogens is 276 g/mol. The molecule has 0 bridgehead atoms. The van der Waals surface area contributed by atoms with Crippen molar-refractivity contribution in [2.24, 2.45) is 5.73 Å². The number of aliphatic hydroxyl groups is 1. The van der Waals surface area contributed by atoms with Crippen LogP contribution in [0.2, 0.25) is 5.02 Å². The average Bonchev–Trinajstić information content (AvgIpc) is 2.85. The number of hydrogen-bond acceptors (Lipinski definition) is 4. The number of rotatable bonds is 2. The Hall–Kier alpha value is -1.11. The van der Waals surface area contributed by atoms with Gasteiger partial charge in [0.2, 0.25) is 0 Å². The van der Waals surface area contributed by atoms with Gasteiger partial charge in [-0.05, 0) is 17.9 Å². The van der Waals surface area contributed by atoms with E-state index in [4.69, 9.17) is 17.3 Å². The lowest BCUT2D eigenvalue weighted by molar-refractivity contribution is -0.134. The van der Waals surface area contributed by atoms with Gasteiger partial charge in [-0.3, -0.25) is 9.59 Å². The third kappa shape index (κ3) is 2.11. The van der Waals surface area contributed by atoms with Crippen molar-refractivity contribution >= 4 is 34.8 Å². The molecule has 98 valence electrons. The van der Waals surface area contributed by atoms with Crippen LogP contribution in [0, 0.1) is 6.92 Å². The molecule has 18 heavy (non-hydrogen) atoms. The fourth-order valence-electron chi connectivity index (χ4n) is 1.89. The van der Waals surface area contributed by atoms with Gasteiger partial charge in [0.15, 0.2) is 5.60 Å². The van der Waals surface area contributed by atoms with Crippen LogP contribution >= 0.6 is 22.9 Å². The zero-order valence-electron chi connectivity index (χ0n) is 9.77. The lowest BCUT2D eigenvalue weighted by Gasteiger charge is -2.19. The minimum absolute atomic E-state index is 0.0750. The Labute approximate surface area is 113 Å². The summed E-state index contributed by atoms with van der Waals surface area (Å²) in [4.78, 5) is 25.1. The van der Waals surface area contributed by atoms with Gasteiger partial charge in [0.25, 0.3) is 11.8 Å². The summed E-state index contributed by atoms with van der Waals surface area (Å²) in [6.07, 6.45) is 0.163. The molecule has 2 amide bonds. The Morgan fingerprint density at radius 1 is 1.61 bits per heavy atom. The summed E-state index contributed by atoms with van der Waals surface area (Å²) in [7, 11) is 0. The molecule has 0 aliphatic carbocycles. The third-order valence-corrected chi connectivity index (χ3v) is 4.77. The number of nitrogens with two attached hydrogens (primary N) is 1. The number of thiophene rings is 1. The zero-order valence-corrected chi connectivity index (χ0v) is 11.3. The van der Waals surface area contributed by atoms with Crippen molar-refractivity contribution in [3.63, 3.8) is 0 Å². The molecule has 1 aromatic heterocycles. The van der Waals surface area contributed by atoms with Gasteiger partial charge in [-0.2, -0.15) is 0 Å². The summed E-state index contributed by atoms with van der Waals surface area (Å²) in [5.41, 5.74) is 4.34. The number of amides is 2. The topological polar surface area (TPSA) is 83.6 Å². The summed E-state index contributed by atoms with van der Waals surface area (Å²) in [6, 6.07) is 0. The summed E-state index contributed by atoms with van der Waals surface area (Å²) in [6.45, 7) is 2.04. The van der Waals surface area contributed by atoms with Crippen LogP contribution in [-0.4, -0.2) is 40.5 Å². The fraction of sp³-hybridized carbons (Fsp3) is 0.455. The smallest absolute Gasteiger partial charge is 0.265 e. The predicted molar refractivity (Wildman–Crippen MR) is 68.7 cm³/mol. The summed E-state index contributed by atoms with van der Waals surface area (Å²) < 4.78 is 0. The first kappa shape index (κ1) is 13.3. The van der Waals surface area contributed by atoms with Gasteiger partial charge in [-0.1, -0.05) is 11.6 Å². The molecule has 1 fully saturated rings. The van der Waals surface area contributed by atoms with Gasteiger partial charge in [0.05, 0.1) is 11.6 Å². The van der Waals surface area contributed by atoms with E-state index in [0.717, 1.165) is 5.56 Å². The van der Waals surface area contributed by atoms with E-state index in [2.05, 4.69) is 0 Å². The van der Waals surface area contributed by atoms with Gasteiger partial charge < -0.3 is 15.7 Å². The Bertz CT molecular complexity index is 516. The van der Waals surface area contributed by atoms with E-state index in [1.807, 2.05) is 6.92 Å². The van der Waals surface area contributed by atoms with E-state index < -0.39 is 11.5 Å². The molecule has 0 radical (unpaired) electrons. The number of β-amino-alcohol motifs (C(OH)–C–C–N with tert-alkyl or cyclic N) is 1. The van der Waals surface area contributed by atoms with Crippen molar-refractivity contribution in [1.29, 1.82) is 0 Å². The molecule has 0 saturated carbocycles. The first-order chi connectivity index (χ1) is 8.35. The Kier molecular flexibility index (Phi) is 3.35. The standard InChI is InChI=1S/C11H13ClN2O3S/c1-6-4-18-8(7(6)12)9(15)14-3-2-11(17,5-14)10(13)16/h4,17H,2-3,5H2,1H3,(H2,13,16). The zero-order chi connectivity index (χ0) is 13.5. The molecule has 1 aliphatic rings. The minimum atomic E-state index is -1.62. The molecule has 1 aromatic rings. The summed E-state index contributed by atoms with van der Waals surface area (Å²) >= 11 is 7.28. The number of carbonyl (C=O) groups is 2. The second-order valence-corrected chi connectivity index (χ2v) is 5.69. The molecular formula is C11H13ClN2O3S. The maximum Gasteiger partial charge on any atom is 0.265 e. The molecule has 0 spiro atoms. The highest BCUT2D eigenvalue weighted by Gasteiger charge is 2.43. The lowest BCUT2D eigenvalue weighted by Crippen LogP contribution is -2.46. The fourth-order valence-corrected chi connectivity index (χ4v) is 3.13. The quantitative estimate of drug-likeness (QED) is 0.843. The highest BCUT2D eigenvalue weighted by molar-refractivity contribution is 7.13. The van der Waals surface area contributed by atoms with Crippen molar-refractivity contribution in [3.8, 4) is 0 Å². The van der Waals surface area contributed by atoms with Crippen molar-refractivity contribution in [2.45, 2.75) is 18.9 Å². The molecule has 1 unspecified atom stereocenters. The Morgan fingerprint density at radius 3 is 2.72 bits per heavy atom. The third-order valence-electron chi connectivity index (χ3n) is 3.09. The Balaban J connectivity index is 2.18. The molecule has 7 heteroatoms. The Morgan fingerprint density at radius 2 is 2.28 bits per heavy atom. The van der Waals surface area contributed by atoms with Crippen LogP contribution in [0.25, 0.3) is 0 Å². The van der Waals surface area contributed by atoms with Gasteiger partial charge in [-0.25, -0.2) is 0 Å². The lowest BCUT2D eigenvalue weighted by atomic mass is 10.0. The van der Waals surface area contributed by atoms with Gasteiger partial charge in [0.1, 0.15) is 4.88 Å². The van der Waals surface area contributed by atoms with Crippen LogP contribution in [0.4, 0.5) is 0 Å². The van der Waals surface area contributed by atoms with Crippen molar-refractivity contribution in [2.75, 3.05) is 13.1 Å². The summed E-state index contributed by atoms with van der Waals surface area (Å²) in [5, 5.41) is 12.1. The van der Waals surface area contributed by atoms with Gasteiger partial charge in [0, 0.05) is 13.0 Å². The number of hydrogen-bond donors (Lipinski definition) is 2. The largest absolute Gasteiger partial charge is 0.378 e. The van der Waals surface area contributed by atoms with E-state index >= 15 is 0 Å². The van der Waals surface area contributed by atoms with E-state index in [0.29, 0.717) is 16.4 Å². The highest BCUT2D eigenvalue weighted by atomic mass is 35.5. The molecule has 5 nitrogen and oxygen atoms in total. The molecule has 1 aliphatic heterocycles. The van der Waals surface area contributed by atoms with Crippen LogP contribution in [0.3, 0.4) is 0 Å². The highest BCUT2D eigenvalue weighted by Crippen LogP contribution is 2.30. The van der Waals surface area contributed by atoms with E-state index in [1.165, 1.54) is 16.2 Å². The number of primary amides is 1. The van der Waals surface area contributed by atoms with E-state index in [-0.39, 0.29) is 18.9 Å². The molecule has 1 atom stereocenters. The molecule has 2 rings (SSSR count). The van der Waals surface area contributed by atoms with Crippen LogP contribution in [-0.2, 0) is 4.79 Å². The van der Waals surface area contributed by atoms with Crippen LogP contribution < -0.4 is 5.73 Å². The van der Waals surface area contributed by atoms with E-state index in [1.54, 1.807) is 5.38 Å². The second kappa shape index (κ2) is 4.53. The number of carbonyl (C=O) groups excluding carboxylic acids is 2. The average molecular weight is 289 g/mol. The number of likely N-dealkylation sites (tertiary alicyclic amines) is 1. The minimum Gasteiger partial charge on any atom is -0.378 e. The van der Waals surface area contributed by atoms with Crippen molar-refractivity contribution < 1.29 is 14.7 Å². The number of nitrogens with zero attached hydrogens (tertiary/aromatic N) is 1. The van der Waals surface area contributed by atoms with Crippen molar-refractivity contribution in [1.82, 2.24) is 4.90 Å². The van der Waals surface area contributed by atoms with Crippen LogP contribution in [0.1, 0.15) is 21.7 Å². The molecule has 1 saturated heterocycles. The number of halogens is 1. The SMILES string of the molecule is Cc1csc(C(=O)N2CCC(O)(C(N)=O)C2)c1Cl. The van der Waals surface area contributed by atoms with Gasteiger partial charge in [-0.15, -0.1) is 11.3 Å². The first-order valence-electron chi connectivity index (χ1n) is 5.40. The maximum absolute atomic E-state index is 12.2. The molecule has 0 aromatic carbocycles. The number of aryl methyl sites for hydroxylation is 1. The summed E-state index contributed by atoms with van der Waals surface area (Å²) in [5.74, 6) is -1.07. The van der Waals surface area contributed by atoms with Crippen molar-refractivity contribution in [3.05, 3.63) is 20.8 Å². The van der Waals surface area contributed by atoms with Crippen LogP contribution in [0.15, 0.2) is 5.38 Å². The predicted octanol–water partition coefficient (Wildman–Crippen LogP) is 0.772. The molecule has 3 N–H and O–H groups in total. The normalized spacial score (nSPS) is 23.4. The monoisotopic (exact) mass is 288 g/mol. The van der Waals surface area contributed by atoms with Crippen LogP contribution in [0.5, 0.6) is 0 Å². The molecule has 2 heterocycles. The van der Waals surface area contributed by atoms with E-state index in [9.17, 15) is 14.7 Å².